The van der Waals surface area contributed by atoms with Gasteiger partial charge in [0.05, 0.1) is 5.71 Å². The van der Waals surface area contributed by atoms with Gasteiger partial charge in [0.2, 0.25) is 0 Å². The number of hydrogen-bond acceptors (Lipinski definition) is 4. The van der Waals surface area contributed by atoms with E-state index in [9.17, 15) is 4.79 Å². The molecule has 0 atom stereocenters. The van der Waals surface area contributed by atoms with Gasteiger partial charge in [-0.1, -0.05) is 29.8 Å². The van der Waals surface area contributed by atoms with Crippen molar-refractivity contribution in [2.24, 2.45) is 5.10 Å². The topological polar surface area (TPSA) is 78.7 Å². The summed E-state index contributed by atoms with van der Waals surface area (Å²) in [6, 6.07) is 15.0. The molecule has 0 spiro atoms. The number of rotatable bonds is 4. The lowest BCUT2D eigenvalue weighted by atomic mass is 9.93. The van der Waals surface area contributed by atoms with Crippen LogP contribution in [0.4, 0.5) is 11.4 Å². The molecule has 0 saturated carbocycles. The maximum Gasteiger partial charge on any atom is 0.291 e. The first kappa shape index (κ1) is 22.0. The highest BCUT2D eigenvalue weighted by Crippen LogP contribution is 2.30. The number of aryl methyl sites for hydroxylation is 2. The highest BCUT2D eigenvalue weighted by Gasteiger charge is 2.28. The lowest BCUT2D eigenvalue weighted by molar-refractivity contribution is 0.0994. The minimum Gasteiger partial charge on any atom is -0.455 e. The lowest BCUT2D eigenvalue weighted by Gasteiger charge is -2.14. The van der Waals surface area contributed by atoms with E-state index >= 15 is 0 Å². The van der Waals surface area contributed by atoms with Crippen LogP contribution < -0.4 is 16.1 Å². The molecule has 4 rings (SSSR count). The molecule has 0 fully saturated rings. The van der Waals surface area contributed by atoms with Crippen LogP contribution in [-0.4, -0.2) is 16.7 Å². The van der Waals surface area contributed by atoms with Crippen molar-refractivity contribution >= 4 is 51.9 Å². The number of carbonyl (C=O) groups is 1. The number of amides is 1. The monoisotopic (exact) mass is 466 g/mol. The third-order valence-electron chi connectivity index (χ3n) is 5.29. The fraction of sp³-hybridized carbons (Fsp3) is 0.208. The average Bonchev–Trinajstić information content (AvgIpc) is 3.12. The zero-order valence-electron chi connectivity index (χ0n) is 17.8. The van der Waals surface area contributed by atoms with Crippen molar-refractivity contribution in [1.82, 2.24) is 5.43 Å². The van der Waals surface area contributed by atoms with Gasteiger partial charge < -0.3 is 15.1 Å². The summed E-state index contributed by atoms with van der Waals surface area (Å²) >= 11 is 11.4. The van der Waals surface area contributed by atoms with E-state index in [1.54, 1.807) is 18.2 Å². The van der Waals surface area contributed by atoms with E-state index in [1.165, 1.54) is 0 Å². The summed E-state index contributed by atoms with van der Waals surface area (Å²) in [5, 5.41) is 11.6. The van der Waals surface area contributed by atoms with E-state index < -0.39 is 0 Å². The van der Waals surface area contributed by atoms with E-state index in [0.29, 0.717) is 21.6 Å². The number of furan rings is 1. The van der Waals surface area contributed by atoms with Crippen molar-refractivity contribution in [3.8, 4) is 0 Å². The van der Waals surface area contributed by atoms with Crippen LogP contribution in [0.1, 0.15) is 45.8 Å². The molecule has 1 heterocycles. The van der Waals surface area contributed by atoms with E-state index in [2.05, 4.69) is 21.2 Å². The SMILES string of the molecule is Cc1cc(Cl)ccc1NC(=O)c1oc2c(c1C)/C(=N/NC(=S)Nc1ccccc1)CCC2. The number of benzene rings is 2. The standard InChI is InChI=1S/C24H23ClN4O2S/c1-14-13-16(25)11-12-18(14)27-23(30)22-15(2)21-19(9-6-10-20(21)31-22)28-29-24(32)26-17-7-4-3-5-8-17/h3-5,7-8,11-13H,6,9-10H2,1-2H3,(H,27,30)(H2,26,29,32)/b28-19+. The molecular formula is C24H23ClN4O2S. The summed E-state index contributed by atoms with van der Waals surface area (Å²) in [5.41, 5.74) is 7.84. The molecule has 0 aliphatic heterocycles. The zero-order valence-corrected chi connectivity index (χ0v) is 19.4. The molecule has 1 aliphatic rings. The second-order valence-corrected chi connectivity index (χ2v) is 8.46. The summed E-state index contributed by atoms with van der Waals surface area (Å²) in [5.74, 6) is 0.772. The number of carbonyl (C=O) groups excluding carboxylic acids is 1. The molecule has 32 heavy (non-hydrogen) atoms. The summed E-state index contributed by atoms with van der Waals surface area (Å²) in [7, 11) is 0. The number of hydrazone groups is 1. The number of halogens is 1. The first-order valence-corrected chi connectivity index (χ1v) is 11.1. The molecule has 0 unspecified atom stereocenters. The molecule has 2 aromatic carbocycles. The number of nitrogens with zero attached hydrogens (tertiary/aromatic N) is 1. The van der Waals surface area contributed by atoms with E-state index in [4.69, 9.17) is 28.2 Å². The third-order valence-corrected chi connectivity index (χ3v) is 5.72. The Morgan fingerprint density at radius 3 is 2.62 bits per heavy atom. The molecule has 1 aliphatic carbocycles. The van der Waals surface area contributed by atoms with Crippen LogP contribution in [-0.2, 0) is 6.42 Å². The van der Waals surface area contributed by atoms with Crippen molar-refractivity contribution in [3.05, 3.63) is 81.8 Å². The molecular weight excluding hydrogens is 444 g/mol. The second-order valence-electron chi connectivity index (χ2n) is 7.61. The summed E-state index contributed by atoms with van der Waals surface area (Å²) in [6.07, 6.45) is 2.41. The van der Waals surface area contributed by atoms with Crippen LogP contribution in [0.5, 0.6) is 0 Å². The maximum absolute atomic E-state index is 12.9. The summed E-state index contributed by atoms with van der Waals surface area (Å²) in [4.78, 5) is 12.9. The van der Waals surface area contributed by atoms with E-state index in [-0.39, 0.29) is 5.91 Å². The highest BCUT2D eigenvalue weighted by atomic mass is 35.5. The average molecular weight is 467 g/mol. The van der Waals surface area contributed by atoms with Crippen molar-refractivity contribution in [2.75, 3.05) is 10.6 Å². The van der Waals surface area contributed by atoms with Crippen LogP contribution in [0.15, 0.2) is 58.0 Å². The van der Waals surface area contributed by atoms with Gasteiger partial charge in [0, 0.05) is 33.9 Å². The van der Waals surface area contributed by atoms with Crippen molar-refractivity contribution in [3.63, 3.8) is 0 Å². The van der Waals surface area contributed by atoms with Crippen molar-refractivity contribution in [1.29, 1.82) is 0 Å². The van der Waals surface area contributed by atoms with Crippen molar-refractivity contribution < 1.29 is 9.21 Å². The maximum atomic E-state index is 12.9. The smallest absolute Gasteiger partial charge is 0.291 e. The lowest BCUT2D eigenvalue weighted by Crippen LogP contribution is -2.26. The Bertz CT molecular complexity index is 1200. The molecule has 0 radical (unpaired) electrons. The van der Waals surface area contributed by atoms with E-state index in [1.807, 2.05) is 44.2 Å². The molecule has 3 N–H and O–H groups in total. The first-order valence-electron chi connectivity index (χ1n) is 10.3. The number of anilines is 2. The normalized spacial score (nSPS) is 14.0. The second kappa shape index (κ2) is 9.54. The van der Waals surface area contributed by atoms with Gasteiger partial charge in [-0.2, -0.15) is 5.10 Å². The van der Waals surface area contributed by atoms with Gasteiger partial charge in [0.15, 0.2) is 10.9 Å². The van der Waals surface area contributed by atoms with Gasteiger partial charge in [-0.3, -0.25) is 10.2 Å². The largest absolute Gasteiger partial charge is 0.455 e. The number of para-hydroxylation sites is 1. The van der Waals surface area contributed by atoms with E-state index in [0.717, 1.165) is 53.1 Å². The number of nitrogens with one attached hydrogen (secondary N) is 3. The summed E-state index contributed by atoms with van der Waals surface area (Å²) < 4.78 is 5.97. The fourth-order valence-electron chi connectivity index (χ4n) is 3.74. The van der Waals surface area contributed by atoms with Gasteiger partial charge in [-0.05, 0) is 74.8 Å². The Labute approximate surface area is 197 Å². The molecule has 164 valence electrons. The van der Waals surface area contributed by atoms with Gasteiger partial charge in [0.1, 0.15) is 5.76 Å². The number of fused-ring (bicyclic) bond motifs is 1. The van der Waals surface area contributed by atoms with Crippen LogP contribution in [0, 0.1) is 13.8 Å². The van der Waals surface area contributed by atoms with Crippen LogP contribution >= 0.6 is 23.8 Å². The molecule has 6 nitrogen and oxygen atoms in total. The zero-order chi connectivity index (χ0) is 22.7. The molecule has 0 bridgehead atoms. The third kappa shape index (κ3) is 4.84. The number of hydrogen-bond donors (Lipinski definition) is 3. The molecule has 3 aromatic rings. The number of thiocarbonyl (C=S) groups is 1. The van der Waals surface area contributed by atoms with Crippen LogP contribution in [0.3, 0.4) is 0 Å². The van der Waals surface area contributed by atoms with Crippen LogP contribution in [0.25, 0.3) is 0 Å². The van der Waals surface area contributed by atoms with Gasteiger partial charge >= 0.3 is 0 Å². The Morgan fingerprint density at radius 2 is 1.88 bits per heavy atom. The highest BCUT2D eigenvalue weighted by molar-refractivity contribution is 7.80. The molecule has 1 aromatic heterocycles. The predicted molar refractivity (Wildman–Crippen MR) is 133 cm³/mol. The minimum atomic E-state index is -0.295. The molecule has 8 heteroatoms. The Morgan fingerprint density at radius 1 is 1.09 bits per heavy atom. The summed E-state index contributed by atoms with van der Waals surface area (Å²) in [6.45, 7) is 3.78. The Kier molecular flexibility index (Phi) is 6.58. The first-order chi connectivity index (χ1) is 15.4. The predicted octanol–water partition coefficient (Wildman–Crippen LogP) is 5.83. The van der Waals surface area contributed by atoms with Gasteiger partial charge in [0.25, 0.3) is 5.91 Å². The van der Waals surface area contributed by atoms with Crippen LogP contribution in [0.2, 0.25) is 5.02 Å². The minimum absolute atomic E-state index is 0.295. The van der Waals surface area contributed by atoms with Gasteiger partial charge in [-0.25, -0.2) is 0 Å². The molecule has 0 saturated heterocycles. The molecule has 1 amide bonds. The Balaban J connectivity index is 1.52. The quantitative estimate of drug-likeness (QED) is 0.333. The van der Waals surface area contributed by atoms with Crippen molar-refractivity contribution in [2.45, 2.75) is 33.1 Å². The fourth-order valence-corrected chi connectivity index (χ4v) is 4.13. The van der Waals surface area contributed by atoms with Gasteiger partial charge in [-0.15, -0.1) is 0 Å². The Hall–Kier alpha value is -3.16.